The van der Waals surface area contributed by atoms with Crippen LogP contribution in [0.1, 0.15) is 54.9 Å². The Balaban J connectivity index is 1.81. The summed E-state index contributed by atoms with van der Waals surface area (Å²) >= 11 is 5.33. The van der Waals surface area contributed by atoms with Crippen molar-refractivity contribution >= 4 is 39.6 Å². The second-order valence-electron chi connectivity index (χ2n) is 6.01. The number of unbranched alkanes of at least 4 members (excludes halogenated alkanes) is 4. The first kappa shape index (κ1) is 20.0. The lowest BCUT2D eigenvalue weighted by atomic mass is 10.1. The van der Waals surface area contributed by atoms with Gasteiger partial charge in [-0.3, -0.25) is 4.79 Å². The molecule has 2 aromatic carbocycles. The summed E-state index contributed by atoms with van der Waals surface area (Å²) in [6.07, 6.45) is 10.1. The van der Waals surface area contributed by atoms with Gasteiger partial charge in [-0.05, 0) is 48.1 Å². The molecule has 3 heteroatoms. The largest absolute Gasteiger partial charge is 0.289 e. The van der Waals surface area contributed by atoms with E-state index in [4.69, 9.17) is 0 Å². The van der Waals surface area contributed by atoms with Gasteiger partial charge in [-0.15, -0.1) is 11.8 Å². The summed E-state index contributed by atoms with van der Waals surface area (Å²) in [6, 6.07) is 15.9. The van der Waals surface area contributed by atoms with Crippen LogP contribution in [0.3, 0.4) is 0 Å². The molecule has 0 amide bonds. The van der Waals surface area contributed by atoms with Crippen molar-refractivity contribution in [1.29, 1.82) is 0 Å². The highest BCUT2D eigenvalue weighted by Gasteiger charge is 2.05. The lowest BCUT2D eigenvalue weighted by molar-refractivity contribution is 0.104. The van der Waals surface area contributed by atoms with E-state index in [1.165, 1.54) is 42.8 Å². The molecule has 0 radical (unpaired) electrons. The lowest BCUT2D eigenvalue weighted by Crippen LogP contribution is -1.94. The molecular formula is C22H25BrOS. The summed E-state index contributed by atoms with van der Waals surface area (Å²) in [4.78, 5) is 13.5. The number of allylic oxidation sites excluding steroid dienone is 1. The van der Waals surface area contributed by atoms with E-state index in [0.717, 1.165) is 10.0 Å². The average molecular weight is 417 g/mol. The van der Waals surface area contributed by atoms with Crippen molar-refractivity contribution in [3.8, 4) is 0 Å². The average Bonchev–Trinajstić information content (AvgIpc) is 2.64. The van der Waals surface area contributed by atoms with Gasteiger partial charge < -0.3 is 0 Å². The molecule has 1 nitrogen and oxygen atoms in total. The second-order valence-corrected chi connectivity index (χ2v) is 8.03. The molecule has 0 bridgehead atoms. The van der Waals surface area contributed by atoms with Crippen LogP contribution in [0, 0.1) is 0 Å². The number of rotatable bonds is 10. The van der Waals surface area contributed by atoms with Crippen molar-refractivity contribution in [3.05, 3.63) is 70.2 Å². The summed E-state index contributed by atoms with van der Waals surface area (Å²) in [5.74, 6) is 1.19. The van der Waals surface area contributed by atoms with Gasteiger partial charge in [0.2, 0.25) is 0 Å². The van der Waals surface area contributed by atoms with Crippen molar-refractivity contribution in [2.75, 3.05) is 5.75 Å². The van der Waals surface area contributed by atoms with Gasteiger partial charge in [-0.2, -0.15) is 0 Å². The standard InChI is InChI=1S/C22H25BrOS/c1-2-3-4-5-8-17-25-19-14-11-18(12-15-19)13-16-22(24)20-9-6-7-10-21(20)23/h6-7,9-16H,2-5,8,17H2,1H3/b16-13+. The molecule has 0 aliphatic rings. The Bertz CT molecular complexity index is 691. The first-order valence-corrected chi connectivity index (χ1v) is 10.7. The van der Waals surface area contributed by atoms with Crippen molar-refractivity contribution < 1.29 is 4.79 Å². The molecule has 0 heterocycles. The topological polar surface area (TPSA) is 17.1 Å². The van der Waals surface area contributed by atoms with Crippen LogP contribution in [-0.4, -0.2) is 11.5 Å². The Kier molecular flexibility index (Phi) is 9.06. The number of carbonyl (C=O) groups is 1. The van der Waals surface area contributed by atoms with Gasteiger partial charge >= 0.3 is 0 Å². The van der Waals surface area contributed by atoms with E-state index in [0.29, 0.717) is 5.56 Å². The molecule has 2 rings (SSSR count). The quantitative estimate of drug-likeness (QED) is 0.173. The van der Waals surface area contributed by atoms with Crippen molar-refractivity contribution in [3.63, 3.8) is 0 Å². The van der Waals surface area contributed by atoms with E-state index in [-0.39, 0.29) is 5.78 Å². The zero-order valence-electron chi connectivity index (χ0n) is 14.7. The minimum absolute atomic E-state index is 0.0120. The molecular weight excluding hydrogens is 392 g/mol. The zero-order valence-corrected chi connectivity index (χ0v) is 17.1. The molecule has 0 aromatic heterocycles. The summed E-state index contributed by atoms with van der Waals surface area (Å²) in [5, 5.41) is 0. The maximum absolute atomic E-state index is 12.2. The van der Waals surface area contributed by atoms with E-state index in [1.807, 2.05) is 42.1 Å². The van der Waals surface area contributed by atoms with Crippen LogP contribution in [0.2, 0.25) is 0 Å². The lowest BCUT2D eigenvalue weighted by Gasteiger charge is -2.03. The number of hydrogen-bond donors (Lipinski definition) is 0. The Morgan fingerprint density at radius 2 is 1.72 bits per heavy atom. The Labute approximate surface area is 164 Å². The molecule has 132 valence electrons. The van der Waals surface area contributed by atoms with Gasteiger partial charge in [-0.25, -0.2) is 0 Å². The molecule has 0 unspecified atom stereocenters. The van der Waals surface area contributed by atoms with Crippen LogP contribution in [0.15, 0.2) is 64.0 Å². The molecule has 25 heavy (non-hydrogen) atoms. The molecule has 0 N–H and O–H groups in total. The number of carbonyl (C=O) groups excluding carboxylic acids is 1. The minimum Gasteiger partial charge on any atom is -0.289 e. The van der Waals surface area contributed by atoms with Crippen molar-refractivity contribution in [1.82, 2.24) is 0 Å². The summed E-state index contributed by atoms with van der Waals surface area (Å²) in [7, 11) is 0. The molecule has 0 saturated heterocycles. The summed E-state index contributed by atoms with van der Waals surface area (Å²) < 4.78 is 0.829. The first-order chi connectivity index (χ1) is 12.2. The van der Waals surface area contributed by atoms with Crippen LogP contribution in [0.5, 0.6) is 0 Å². The minimum atomic E-state index is 0.0120. The number of halogens is 1. The molecule has 0 atom stereocenters. The zero-order chi connectivity index (χ0) is 17.9. The van der Waals surface area contributed by atoms with Gasteiger partial charge in [0.05, 0.1) is 0 Å². The van der Waals surface area contributed by atoms with Crippen LogP contribution in [0.25, 0.3) is 6.08 Å². The van der Waals surface area contributed by atoms with Gasteiger partial charge in [0.15, 0.2) is 5.78 Å². The van der Waals surface area contributed by atoms with Crippen molar-refractivity contribution in [2.45, 2.75) is 43.9 Å². The monoisotopic (exact) mass is 416 g/mol. The van der Waals surface area contributed by atoms with Crippen LogP contribution >= 0.6 is 27.7 Å². The SMILES string of the molecule is CCCCCCCSc1ccc(/C=C/C(=O)c2ccccc2Br)cc1. The summed E-state index contributed by atoms with van der Waals surface area (Å²) in [5.41, 5.74) is 1.74. The molecule has 0 aliphatic carbocycles. The fraction of sp³-hybridized carbons (Fsp3) is 0.318. The second kappa shape index (κ2) is 11.3. The third-order valence-corrected chi connectivity index (χ3v) is 5.75. The van der Waals surface area contributed by atoms with Gasteiger partial charge in [0.25, 0.3) is 0 Å². The van der Waals surface area contributed by atoms with Crippen LogP contribution < -0.4 is 0 Å². The highest BCUT2D eigenvalue weighted by Crippen LogP contribution is 2.21. The van der Waals surface area contributed by atoms with Crippen LogP contribution in [-0.2, 0) is 0 Å². The van der Waals surface area contributed by atoms with E-state index < -0.39 is 0 Å². The van der Waals surface area contributed by atoms with E-state index in [2.05, 4.69) is 47.1 Å². The number of ketones is 1. The third kappa shape index (κ3) is 7.21. The Morgan fingerprint density at radius 3 is 2.44 bits per heavy atom. The highest BCUT2D eigenvalue weighted by atomic mass is 79.9. The predicted molar refractivity (Wildman–Crippen MR) is 113 cm³/mol. The van der Waals surface area contributed by atoms with E-state index in [9.17, 15) is 4.79 Å². The maximum atomic E-state index is 12.2. The molecule has 0 fully saturated rings. The van der Waals surface area contributed by atoms with Gasteiger partial charge in [0.1, 0.15) is 0 Å². The predicted octanol–water partition coefficient (Wildman–Crippen LogP) is 7.41. The highest BCUT2D eigenvalue weighted by molar-refractivity contribution is 9.10. The van der Waals surface area contributed by atoms with E-state index >= 15 is 0 Å². The number of thioether (sulfide) groups is 1. The van der Waals surface area contributed by atoms with E-state index in [1.54, 1.807) is 6.08 Å². The maximum Gasteiger partial charge on any atom is 0.186 e. The molecule has 0 spiro atoms. The third-order valence-electron chi connectivity index (χ3n) is 3.96. The number of hydrogen-bond acceptors (Lipinski definition) is 2. The first-order valence-electron chi connectivity index (χ1n) is 8.90. The normalized spacial score (nSPS) is 11.1. The molecule has 0 saturated carbocycles. The Morgan fingerprint density at radius 1 is 1.00 bits per heavy atom. The fourth-order valence-electron chi connectivity index (χ4n) is 2.49. The Hall–Kier alpha value is -1.32. The van der Waals surface area contributed by atoms with Gasteiger partial charge in [0, 0.05) is 14.9 Å². The number of benzene rings is 2. The van der Waals surface area contributed by atoms with Crippen LogP contribution in [0.4, 0.5) is 0 Å². The molecule has 0 aliphatic heterocycles. The smallest absolute Gasteiger partial charge is 0.186 e. The molecule has 2 aromatic rings. The fourth-order valence-corrected chi connectivity index (χ4v) is 3.89. The van der Waals surface area contributed by atoms with Gasteiger partial charge in [-0.1, -0.05) is 78.9 Å². The summed E-state index contributed by atoms with van der Waals surface area (Å²) in [6.45, 7) is 2.25. The van der Waals surface area contributed by atoms with Crippen molar-refractivity contribution in [2.24, 2.45) is 0 Å².